The molecule has 0 bridgehead atoms. The highest BCUT2D eigenvalue weighted by Crippen LogP contribution is 2.28. The average molecular weight is 350 g/mol. The van der Waals surface area contributed by atoms with Gasteiger partial charge < -0.3 is 20.3 Å². The van der Waals surface area contributed by atoms with Crippen LogP contribution in [0.2, 0.25) is 0 Å². The van der Waals surface area contributed by atoms with E-state index in [1.54, 1.807) is 19.4 Å². The van der Waals surface area contributed by atoms with Crippen molar-refractivity contribution >= 4 is 5.69 Å². The summed E-state index contributed by atoms with van der Waals surface area (Å²) in [5.41, 5.74) is 2.90. The van der Waals surface area contributed by atoms with E-state index in [-0.39, 0.29) is 0 Å². The molecule has 2 aromatic carbocycles. The van der Waals surface area contributed by atoms with Gasteiger partial charge in [0.15, 0.2) is 0 Å². The van der Waals surface area contributed by atoms with E-state index in [2.05, 4.69) is 39.9 Å². The number of benzene rings is 2. The van der Waals surface area contributed by atoms with E-state index in [4.69, 9.17) is 0 Å². The SMILES string of the molecule is Cn1cncc1C(C)(O)c1ccc(CNCCNc2ccccc2)cc1. The zero-order valence-corrected chi connectivity index (χ0v) is 15.3. The van der Waals surface area contributed by atoms with E-state index in [1.807, 2.05) is 41.9 Å². The standard InChI is InChI=1S/C21H26N4O/c1-21(26,20-15-23-16-25(20)2)18-10-8-17(9-11-18)14-22-12-13-24-19-6-4-3-5-7-19/h3-11,15-16,22,24,26H,12-14H2,1-2H3. The molecule has 1 atom stereocenters. The van der Waals surface area contributed by atoms with E-state index < -0.39 is 5.60 Å². The van der Waals surface area contributed by atoms with Crippen molar-refractivity contribution in [1.29, 1.82) is 0 Å². The van der Waals surface area contributed by atoms with Gasteiger partial charge in [0, 0.05) is 32.4 Å². The molecular weight excluding hydrogens is 324 g/mol. The highest BCUT2D eigenvalue weighted by atomic mass is 16.3. The Balaban J connectivity index is 1.49. The van der Waals surface area contributed by atoms with E-state index in [1.165, 1.54) is 5.56 Å². The molecule has 0 radical (unpaired) electrons. The highest BCUT2D eigenvalue weighted by Gasteiger charge is 2.28. The van der Waals surface area contributed by atoms with Crippen molar-refractivity contribution < 1.29 is 5.11 Å². The van der Waals surface area contributed by atoms with Gasteiger partial charge in [-0.15, -0.1) is 0 Å². The fourth-order valence-electron chi connectivity index (χ4n) is 3.01. The van der Waals surface area contributed by atoms with E-state index in [9.17, 15) is 5.11 Å². The summed E-state index contributed by atoms with van der Waals surface area (Å²) in [5, 5.41) is 17.7. The van der Waals surface area contributed by atoms with Crippen LogP contribution in [0.1, 0.15) is 23.7 Å². The van der Waals surface area contributed by atoms with Crippen molar-refractivity contribution in [2.75, 3.05) is 18.4 Å². The molecule has 0 spiro atoms. The van der Waals surface area contributed by atoms with E-state index in [0.717, 1.165) is 36.6 Å². The maximum atomic E-state index is 10.9. The Morgan fingerprint density at radius 1 is 1.04 bits per heavy atom. The van der Waals surface area contributed by atoms with Crippen LogP contribution in [0.3, 0.4) is 0 Å². The summed E-state index contributed by atoms with van der Waals surface area (Å²) in [4.78, 5) is 4.10. The molecule has 5 heteroatoms. The molecule has 136 valence electrons. The molecule has 5 nitrogen and oxygen atoms in total. The Morgan fingerprint density at radius 2 is 1.77 bits per heavy atom. The number of nitrogens with one attached hydrogen (secondary N) is 2. The molecule has 3 aromatic rings. The summed E-state index contributed by atoms with van der Waals surface area (Å²) in [6, 6.07) is 18.3. The fourth-order valence-corrected chi connectivity index (χ4v) is 3.01. The van der Waals surface area contributed by atoms with Gasteiger partial charge in [-0.2, -0.15) is 0 Å². The maximum absolute atomic E-state index is 10.9. The summed E-state index contributed by atoms with van der Waals surface area (Å²) in [5.74, 6) is 0. The second-order valence-corrected chi connectivity index (χ2v) is 6.63. The first-order chi connectivity index (χ1) is 12.6. The van der Waals surface area contributed by atoms with Crippen molar-refractivity contribution in [1.82, 2.24) is 14.9 Å². The minimum Gasteiger partial charge on any atom is -0.384 e. The first-order valence-corrected chi connectivity index (χ1v) is 8.85. The smallest absolute Gasteiger partial charge is 0.128 e. The third-order valence-corrected chi connectivity index (χ3v) is 4.57. The molecule has 1 unspecified atom stereocenters. The Bertz CT molecular complexity index is 810. The molecule has 0 amide bonds. The van der Waals surface area contributed by atoms with Crippen LogP contribution in [0.5, 0.6) is 0 Å². The number of hydrogen-bond donors (Lipinski definition) is 3. The second-order valence-electron chi connectivity index (χ2n) is 6.63. The molecule has 3 rings (SSSR count). The lowest BCUT2D eigenvalue weighted by molar-refractivity contribution is 0.0941. The molecule has 1 heterocycles. The van der Waals surface area contributed by atoms with E-state index in [0.29, 0.717) is 0 Å². The minimum absolute atomic E-state index is 0.773. The summed E-state index contributed by atoms with van der Waals surface area (Å²) in [7, 11) is 1.89. The lowest BCUT2D eigenvalue weighted by Crippen LogP contribution is -2.26. The number of anilines is 1. The number of aromatic nitrogens is 2. The third kappa shape index (κ3) is 4.31. The number of para-hydroxylation sites is 1. The van der Waals surface area contributed by atoms with Gasteiger partial charge in [-0.25, -0.2) is 4.98 Å². The number of imidazole rings is 1. The van der Waals surface area contributed by atoms with E-state index >= 15 is 0 Å². The second kappa shape index (κ2) is 8.17. The Kier molecular flexibility index (Phi) is 5.71. The summed E-state index contributed by atoms with van der Waals surface area (Å²) in [6.45, 7) is 4.35. The molecule has 0 aliphatic carbocycles. The highest BCUT2D eigenvalue weighted by molar-refractivity contribution is 5.42. The minimum atomic E-state index is -1.06. The van der Waals surface area contributed by atoms with Crippen LogP contribution < -0.4 is 10.6 Å². The molecule has 1 aromatic heterocycles. The number of rotatable bonds is 8. The number of hydrogen-bond acceptors (Lipinski definition) is 4. The third-order valence-electron chi connectivity index (χ3n) is 4.57. The van der Waals surface area contributed by atoms with Crippen LogP contribution in [-0.2, 0) is 19.2 Å². The molecule has 0 fully saturated rings. The largest absolute Gasteiger partial charge is 0.384 e. The van der Waals surface area contributed by atoms with Crippen LogP contribution in [0.4, 0.5) is 5.69 Å². The average Bonchev–Trinajstić information content (AvgIpc) is 3.09. The van der Waals surface area contributed by atoms with Crippen molar-refractivity contribution in [3.05, 3.63) is 83.9 Å². The molecule has 0 aliphatic heterocycles. The molecule has 3 N–H and O–H groups in total. The van der Waals surface area contributed by atoms with Gasteiger partial charge in [0.2, 0.25) is 0 Å². The van der Waals surface area contributed by atoms with Gasteiger partial charge in [0.05, 0.1) is 18.2 Å². The summed E-state index contributed by atoms with van der Waals surface area (Å²) >= 11 is 0. The van der Waals surface area contributed by atoms with Crippen molar-refractivity contribution in [3.8, 4) is 0 Å². The van der Waals surface area contributed by atoms with Gasteiger partial charge in [-0.05, 0) is 30.2 Å². The predicted molar refractivity (Wildman–Crippen MR) is 105 cm³/mol. The van der Waals surface area contributed by atoms with Gasteiger partial charge >= 0.3 is 0 Å². The Hall–Kier alpha value is -2.63. The van der Waals surface area contributed by atoms with Crippen LogP contribution in [0.15, 0.2) is 67.1 Å². The quantitative estimate of drug-likeness (QED) is 0.547. The van der Waals surface area contributed by atoms with Crippen LogP contribution in [0, 0.1) is 0 Å². The van der Waals surface area contributed by atoms with Crippen molar-refractivity contribution in [2.45, 2.75) is 19.1 Å². The number of aliphatic hydroxyl groups is 1. The molecule has 0 aliphatic rings. The van der Waals surface area contributed by atoms with Crippen LogP contribution >= 0.6 is 0 Å². The van der Waals surface area contributed by atoms with Crippen molar-refractivity contribution in [2.24, 2.45) is 7.05 Å². The number of aryl methyl sites for hydroxylation is 1. The first-order valence-electron chi connectivity index (χ1n) is 8.85. The van der Waals surface area contributed by atoms with Crippen LogP contribution in [0.25, 0.3) is 0 Å². The van der Waals surface area contributed by atoms with Gasteiger partial charge in [-0.3, -0.25) is 0 Å². The fraction of sp³-hybridized carbons (Fsp3) is 0.286. The molecule has 0 saturated carbocycles. The van der Waals surface area contributed by atoms with Gasteiger partial charge in [0.1, 0.15) is 5.60 Å². The first kappa shape index (κ1) is 18.2. The van der Waals surface area contributed by atoms with Gasteiger partial charge in [0.25, 0.3) is 0 Å². The lowest BCUT2D eigenvalue weighted by atomic mass is 9.92. The number of nitrogens with zero attached hydrogens (tertiary/aromatic N) is 2. The Labute approximate surface area is 154 Å². The van der Waals surface area contributed by atoms with Gasteiger partial charge in [-0.1, -0.05) is 42.5 Å². The summed E-state index contributed by atoms with van der Waals surface area (Å²) < 4.78 is 1.84. The zero-order valence-electron chi connectivity index (χ0n) is 15.3. The van der Waals surface area contributed by atoms with Crippen LogP contribution in [-0.4, -0.2) is 27.7 Å². The zero-order chi connectivity index (χ0) is 18.4. The molecule has 26 heavy (non-hydrogen) atoms. The molecular formula is C21H26N4O. The van der Waals surface area contributed by atoms with Crippen molar-refractivity contribution in [3.63, 3.8) is 0 Å². The topological polar surface area (TPSA) is 62.1 Å². The predicted octanol–water partition coefficient (Wildman–Crippen LogP) is 2.88. The lowest BCUT2D eigenvalue weighted by Gasteiger charge is -2.24. The normalized spacial score (nSPS) is 13.3. The summed E-state index contributed by atoms with van der Waals surface area (Å²) in [6.07, 6.45) is 3.40. The Morgan fingerprint density at radius 3 is 2.42 bits per heavy atom. The maximum Gasteiger partial charge on any atom is 0.128 e. The molecule has 0 saturated heterocycles. The monoisotopic (exact) mass is 350 g/mol.